The van der Waals surface area contributed by atoms with E-state index in [9.17, 15) is 14.7 Å². The molecule has 9 nitrogen and oxygen atoms in total. The topological polar surface area (TPSA) is 111 Å². The summed E-state index contributed by atoms with van der Waals surface area (Å²) in [5.74, 6) is -0.249. The van der Waals surface area contributed by atoms with E-state index in [1.807, 2.05) is 45.0 Å². The normalized spacial score (nSPS) is 16.0. The summed E-state index contributed by atoms with van der Waals surface area (Å²) in [5.41, 5.74) is 4.80. The van der Waals surface area contributed by atoms with Gasteiger partial charge in [-0.2, -0.15) is 0 Å². The van der Waals surface area contributed by atoms with Gasteiger partial charge in [0.25, 0.3) is 5.78 Å². The first-order chi connectivity index (χ1) is 20.7. The van der Waals surface area contributed by atoms with E-state index in [0.29, 0.717) is 38.5 Å². The Morgan fingerprint density at radius 3 is 2.19 bits per heavy atom. The first-order valence-electron chi connectivity index (χ1n) is 13.4. The lowest BCUT2D eigenvalue weighted by Crippen LogP contribution is -2.29. The maximum Gasteiger partial charge on any atom is 0.301 e. The number of hydrogen-bond donors (Lipinski definition) is 1. The number of nitrogens with zero attached hydrogens (tertiary/aromatic N) is 3. The van der Waals surface area contributed by atoms with Crippen molar-refractivity contribution in [2.24, 2.45) is 0 Å². The minimum Gasteiger partial charge on any atom is -0.507 e. The first-order valence-corrected chi connectivity index (χ1v) is 15.2. The van der Waals surface area contributed by atoms with Crippen LogP contribution >= 0.6 is 23.1 Å². The third kappa shape index (κ3) is 5.82. The number of methoxy groups -OCH3 is 3. The Hall–Kier alpha value is -4.35. The van der Waals surface area contributed by atoms with Crippen LogP contribution in [0.25, 0.3) is 5.76 Å². The molecule has 1 saturated heterocycles. The standard InChI is InChI=1S/C32H31N3O6S2/c1-17-8-11-20(12-9-17)16-42-32-34-33-31(43-32)35-26(21-14-23(39-4)29(41-6)24(15-21)40-5)25(28(37)30(35)38)27(36)22-13-18(2)7-10-19(22)3/h7-15,26,36H,16H2,1-6H3. The molecule has 0 saturated carbocycles. The number of anilines is 1. The lowest BCUT2D eigenvalue weighted by atomic mass is 9.93. The van der Waals surface area contributed by atoms with Gasteiger partial charge in [0, 0.05) is 11.3 Å². The van der Waals surface area contributed by atoms with Crippen LogP contribution in [0.5, 0.6) is 17.2 Å². The second-order valence-corrected chi connectivity index (χ2v) is 12.2. The van der Waals surface area contributed by atoms with Gasteiger partial charge in [-0.05, 0) is 55.7 Å². The van der Waals surface area contributed by atoms with Gasteiger partial charge in [-0.25, -0.2) is 0 Å². The van der Waals surface area contributed by atoms with Crippen LogP contribution < -0.4 is 19.1 Å². The van der Waals surface area contributed by atoms with Crippen molar-refractivity contribution in [2.75, 3.05) is 26.2 Å². The molecule has 1 unspecified atom stereocenters. The van der Waals surface area contributed by atoms with E-state index >= 15 is 0 Å². The molecule has 1 N–H and O–H groups in total. The number of aromatic nitrogens is 2. The number of aliphatic hydroxyl groups is 1. The van der Waals surface area contributed by atoms with Crippen LogP contribution in [-0.2, 0) is 15.3 Å². The highest BCUT2D eigenvalue weighted by Crippen LogP contribution is 2.48. The largest absolute Gasteiger partial charge is 0.507 e. The molecule has 1 aliphatic heterocycles. The Morgan fingerprint density at radius 1 is 0.907 bits per heavy atom. The highest BCUT2D eigenvalue weighted by molar-refractivity contribution is 8.00. The summed E-state index contributed by atoms with van der Waals surface area (Å²) >= 11 is 2.69. The quantitative estimate of drug-likeness (QED) is 0.0749. The molecule has 1 amide bonds. The van der Waals surface area contributed by atoms with Crippen LogP contribution in [0.15, 0.2) is 64.5 Å². The van der Waals surface area contributed by atoms with Gasteiger partial charge in [0.15, 0.2) is 15.8 Å². The molecule has 11 heteroatoms. The van der Waals surface area contributed by atoms with Gasteiger partial charge >= 0.3 is 5.91 Å². The average Bonchev–Trinajstić information content (AvgIpc) is 3.58. The second-order valence-electron chi connectivity index (χ2n) is 10.1. The third-order valence-electron chi connectivity index (χ3n) is 7.18. The number of aliphatic hydroxyl groups excluding tert-OH is 1. The molecule has 222 valence electrons. The molecule has 4 aromatic rings. The molecule has 1 aromatic heterocycles. The van der Waals surface area contributed by atoms with Gasteiger partial charge in [0.1, 0.15) is 5.76 Å². The summed E-state index contributed by atoms with van der Waals surface area (Å²) in [6.45, 7) is 5.76. The number of hydrogen-bond acceptors (Lipinski definition) is 10. The lowest BCUT2D eigenvalue weighted by Gasteiger charge is -2.24. The first kappa shape index (κ1) is 30.1. The molecule has 0 aliphatic carbocycles. The minimum absolute atomic E-state index is 0.0722. The maximum atomic E-state index is 13.7. The van der Waals surface area contributed by atoms with Crippen LogP contribution in [0.2, 0.25) is 0 Å². The van der Waals surface area contributed by atoms with E-state index in [1.165, 1.54) is 54.9 Å². The molecule has 1 fully saturated rings. The number of aryl methyl sites for hydroxylation is 3. The Kier molecular flexibility index (Phi) is 8.74. The highest BCUT2D eigenvalue weighted by atomic mass is 32.2. The number of carbonyl (C=O) groups excluding carboxylic acids is 2. The zero-order valence-corrected chi connectivity index (χ0v) is 26.3. The van der Waals surface area contributed by atoms with Crippen LogP contribution in [0.4, 0.5) is 5.13 Å². The number of Topliss-reactive ketones (excluding diaryl/α,β-unsaturated/α-hetero) is 1. The highest BCUT2D eigenvalue weighted by Gasteiger charge is 2.49. The van der Waals surface area contributed by atoms with Gasteiger partial charge < -0.3 is 19.3 Å². The average molecular weight is 618 g/mol. The fourth-order valence-electron chi connectivity index (χ4n) is 4.93. The van der Waals surface area contributed by atoms with Crippen molar-refractivity contribution < 1.29 is 28.9 Å². The molecule has 43 heavy (non-hydrogen) atoms. The number of thioether (sulfide) groups is 1. The summed E-state index contributed by atoms with van der Waals surface area (Å²) in [6, 6.07) is 16.1. The predicted octanol–water partition coefficient (Wildman–Crippen LogP) is 6.41. The lowest BCUT2D eigenvalue weighted by molar-refractivity contribution is -0.132. The summed E-state index contributed by atoms with van der Waals surface area (Å²) in [7, 11) is 4.45. The van der Waals surface area contributed by atoms with Gasteiger partial charge in [0.05, 0.1) is 32.9 Å². The molecule has 5 rings (SSSR count). The van der Waals surface area contributed by atoms with Crippen molar-refractivity contribution in [3.63, 3.8) is 0 Å². The summed E-state index contributed by atoms with van der Waals surface area (Å²) in [6.07, 6.45) is 0. The Bertz CT molecular complexity index is 1710. The fraction of sp³-hybridized carbons (Fsp3) is 0.250. The van der Waals surface area contributed by atoms with E-state index in [-0.39, 0.29) is 16.5 Å². The van der Waals surface area contributed by atoms with Crippen molar-refractivity contribution in [2.45, 2.75) is 36.9 Å². The van der Waals surface area contributed by atoms with Crippen molar-refractivity contribution in [1.29, 1.82) is 0 Å². The van der Waals surface area contributed by atoms with E-state index in [2.05, 4.69) is 22.3 Å². The Labute approximate surface area is 258 Å². The number of rotatable bonds is 9. The summed E-state index contributed by atoms with van der Waals surface area (Å²) in [4.78, 5) is 28.7. The van der Waals surface area contributed by atoms with E-state index in [0.717, 1.165) is 16.7 Å². The number of ether oxygens (including phenoxy) is 3. The van der Waals surface area contributed by atoms with Crippen molar-refractivity contribution in [3.05, 3.63) is 93.6 Å². The molecule has 1 atom stereocenters. The number of carbonyl (C=O) groups is 2. The number of ketones is 1. The van der Waals surface area contributed by atoms with Gasteiger partial charge in [-0.3, -0.25) is 14.5 Å². The molecule has 1 aliphatic rings. The second kappa shape index (κ2) is 12.5. The van der Waals surface area contributed by atoms with Crippen LogP contribution in [0.1, 0.15) is 39.4 Å². The molecule has 3 aromatic carbocycles. The van der Waals surface area contributed by atoms with E-state index < -0.39 is 17.7 Å². The number of amides is 1. The molecule has 0 spiro atoms. The monoisotopic (exact) mass is 617 g/mol. The summed E-state index contributed by atoms with van der Waals surface area (Å²) < 4.78 is 17.3. The van der Waals surface area contributed by atoms with Crippen molar-refractivity contribution in [3.8, 4) is 17.2 Å². The molecule has 0 radical (unpaired) electrons. The molecule has 0 bridgehead atoms. The van der Waals surface area contributed by atoms with E-state index in [4.69, 9.17) is 14.2 Å². The van der Waals surface area contributed by atoms with Crippen LogP contribution in [0, 0.1) is 20.8 Å². The summed E-state index contributed by atoms with van der Waals surface area (Å²) in [5, 5.41) is 20.5. The zero-order valence-electron chi connectivity index (χ0n) is 24.6. The Balaban J connectivity index is 1.64. The van der Waals surface area contributed by atoms with Gasteiger partial charge in [0.2, 0.25) is 10.9 Å². The van der Waals surface area contributed by atoms with Gasteiger partial charge in [-0.1, -0.05) is 70.6 Å². The zero-order chi connectivity index (χ0) is 30.8. The Morgan fingerprint density at radius 2 is 1.56 bits per heavy atom. The molecular weight excluding hydrogens is 587 g/mol. The predicted molar refractivity (Wildman–Crippen MR) is 167 cm³/mol. The SMILES string of the molecule is COc1cc(C2C(=C(O)c3cc(C)ccc3C)C(=O)C(=O)N2c2nnc(SCc3ccc(C)cc3)s2)cc(OC)c1OC. The minimum atomic E-state index is -1.04. The van der Waals surface area contributed by atoms with Crippen molar-refractivity contribution >= 4 is 45.7 Å². The molecule has 2 heterocycles. The van der Waals surface area contributed by atoms with Crippen LogP contribution in [0.3, 0.4) is 0 Å². The number of benzene rings is 3. The van der Waals surface area contributed by atoms with Gasteiger partial charge in [-0.15, -0.1) is 10.2 Å². The third-order valence-corrected chi connectivity index (χ3v) is 9.31. The smallest absolute Gasteiger partial charge is 0.301 e. The van der Waals surface area contributed by atoms with Crippen LogP contribution in [-0.4, -0.2) is 48.3 Å². The van der Waals surface area contributed by atoms with Crippen molar-refractivity contribution in [1.82, 2.24) is 10.2 Å². The molecular formula is C32H31N3O6S2. The maximum absolute atomic E-state index is 13.7. The fourth-order valence-corrected chi connectivity index (χ4v) is 6.75. The van der Waals surface area contributed by atoms with E-state index in [1.54, 1.807) is 18.2 Å².